The van der Waals surface area contributed by atoms with Gasteiger partial charge in [0.25, 0.3) is 0 Å². The maximum Gasteiger partial charge on any atom is 0.220 e. The minimum atomic E-state index is -0.264. The molecule has 158 valence electrons. The van der Waals surface area contributed by atoms with Crippen LogP contribution in [0.25, 0.3) is 11.2 Å². The summed E-state index contributed by atoms with van der Waals surface area (Å²) in [6.07, 6.45) is 3.41. The third-order valence-electron chi connectivity index (χ3n) is 5.07. The van der Waals surface area contributed by atoms with Crippen molar-refractivity contribution in [2.24, 2.45) is 0 Å². The van der Waals surface area contributed by atoms with Crippen LogP contribution in [0.3, 0.4) is 0 Å². The van der Waals surface area contributed by atoms with Crippen LogP contribution < -0.4 is 5.32 Å². The lowest BCUT2D eigenvalue weighted by atomic mass is 10.2. The molecule has 0 aliphatic carbocycles. The van der Waals surface area contributed by atoms with Crippen molar-refractivity contribution in [2.45, 2.75) is 32.4 Å². The normalized spacial score (nSPS) is 11.0. The third-order valence-corrected chi connectivity index (χ3v) is 5.44. The summed E-state index contributed by atoms with van der Waals surface area (Å²) in [7, 11) is 0. The van der Waals surface area contributed by atoms with Gasteiger partial charge in [-0.1, -0.05) is 41.9 Å². The van der Waals surface area contributed by atoms with Gasteiger partial charge in [0.15, 0.2) is 5.65 Å². The van der Waals surface area contributed by atoms with Gasteiger partial charge < -0.3 is 9.88 Å². The molecule has 7 heteroatoms. The molecule has 1 N–H and O–H groups in total. The van der Waals surface area contributed by atoms with Crippen molar-refractivity contribution < 1.29 is 9.18 Å². The fraction of sp³-hybridized carbons (Fsp3) is 0.208. The number of amides is 1. The number of nitrogens with zero attached hydrogens (tertiary/aromatic N) is 3. The van der Waals surface area contributed by atoms with Gasteiger partial charge in [0.1, 0.15) is 17.2 Å². The summed E-state index contributed by atoms with van der Waals surface area (Å²) >= 11 is 6.13. The molecule has 0 aliphatic rings. The van der Waals surface area contributed by atoms with Crippen molar-refractivity contribution in [3.63, 3.8) is 0 Å². The zero-order valence-electron chi connectivity index (χ0n) is 16.9. The zero-order valence-corrected chi connectivity index (χ0v) is 17.6. The van der Waals surface area contributed by atoms with Gasteiger partial charge in [0.2, 0.25) is 5.91 Å². The Kier molecular flexibility index (Phi) is 6.57. The highest BCUT2D eigenvalue weighted by atomic mass is 35.5. The number of carbonyl (C=O) groups is 1. The molecule has 0 aliphatic heterocycles. The van der Waals surface area contributed by atoms with Crippen molar-refractivity contribution >= 4 is 28.7 Å². The number of hydrogen-bond acceptors (Lipinski definition) is 3. The molecule has 0 saturated carbocycles. The number of halogens is 2. The second kappa shape index (κ2) is 9.71. The standard InChI is InChI=1S/C24H22ClFN4O/c25-20-6-2-1-5-18(20)15-28-23(31)9-3-8-22-29-21-7-4-14-27-24(21)30(22)16-17-10-12-19(26)13-11-17/h1-2,4-7,10-14H,3,8-9,15-16H2,(H,28,31). The van der Waals surface area contributed by atoms with E-state index in [0.717, 1.165) is 28.1 Å². The molecule has 4 aromatic rings. The topological polar surface area (TPSA) is 59.8 Å². The molecule has 0 radical (unpaired) electrons. The molecule has 31 heavy (non-hydrogen) atoms. The summed E-state index contributed by atoms with van der Waals surface area (Å²) in [6, 6.07) is 17.7. The first-order valence-corrected chi connectivity index (χ1v) is 10.5. The molecule has 2 heterocycles. The highest BCUT2D eigenvalue weighted by molar-refractivity contribution is 6.31. The number of aromatic nitrogens is 3. The van der Waals surface area contributed by atoms with E-state index in [4.69, 9.17) is 16.6 Å². The van der Waals surface area contributed by atoms with Gasteiger partial charge in [-0.3, -0.25) is 4.79 Å². The lowest BCUT2D eigenvalue weighted by Gasteiger charge is -2.10. The quantitative estimate of drug-likeness (QED) is 0.427. The van der Waals surface area contributed by atoms with Crippen molar-refractivity contribution in [1.82, 2.24) is 19.9 Å². The fourth-order valence-electron chi connectivity index (χ4n) is 3.47. The fourth-order valence-corrected chi connectivity index (χ4v) is 3.67. The molecule has 4 rings (SSSR count). The Bertz CT molecular complexity index is 1190. The first-order chi connectivity index (χ1) is 15.1. The van der Waals surface area contributed by atoms with E-state index in [2.05, 4.69) is 10.3 Å². The first-order valence-electron chi connectivity index (χ1n) is 10.1. The number of rotatable bonds is 8. The molecule has 0 bridgehead atoms. The highest BCUT2D eigenvalue weighted by Crippen LogP contribution is 2.18. The number of hydrogen-bond donors (Lipinski definition) is 1. The summed E-state index contributed by atoms with van der Waals surface area (Å²) in [6.45, 7) is 0.952. The number of benzene rings is 2. The Morgan fingerprint density at radius 2 is 1.87 bits per heavy atom. The Morgan fingerprint density at radius 1 is 1.06 bits per heavy atom. The molecule has 0 saturated heterocycles. The minimum Gasteiger partial charge on any atom is -0.352 e. The summed E-state index contributed by atoms with van der Waals surface area (Å²) in [5, 5.41) is 3.56. The smallest absolute Gasteiger partial charge is 0.220 e. The Balaban J connectivity index is 1.40. The van der Waals surface area contributed by atoms with Gasteiger partial charge in [-0.2, -0.15) is 0 Å². The number of pyridine rings is 1. The molecule has 5 nitrogen and oxygen atoms in total. The van der Waals surface area contributed by atoms with Crippen LogP contribution in [-0.4, -0.2) is 20.4 Å². The van der Waals surface area contributed by atoms with Crippen LogP contribution >= 0.6 is 11.6 Å². The van der Waals surface area contributed by atoms with Crippen LogP contribution in [0.15, 0.2) is 66.9 Å². The van der Waals surface area contributed by atoms with E-state index in [1.165, 1.54) is 12.1 Å². The average Bonchev–Trinajstić information content (AvgIpc) is 3.12. The predicted octanol–water partition coefficient (Wildman–Crippen LogP) is 4.91. The lowest BCUT2D eigenvalue weighted by molar-refractivity contribution is -0.121. The van der Waals surface area contributed by atoms with Gasteiger partial charge in [-0.25, -0.2) is 14.4 Å². The Hall–Kier alpha value is -3.25. The third kappa shape index (κ3) is 5.27. The van der Waals surface area contributed by atoms with E-state index < -0.39 is 0 Å². The van der Waals surface area contributed by atoms with Gasteiger partial charge in [0, 0.05) is 30.6 Å². The molecular weight excluding hydrogens is 415 g/mol. The van der Waals surface area contributed by atoms with E-state index in [9.17, 15) is 9.18 Å². The van der Waals surface area contributed by atoms with Crippen LogP contribution in [0.2, 0.25) is 5.02 Å². The number of carbonyl (C=O) groups excluding carboxylic acids is 1. The van der Waals surface area contributed by atoms with Crippen LogP contribution in [-0.2, 0) is 24.3 Å². The van der Waals surface area contributed by atoms with Crippen LogP contribution in [0.4, 0.5) is 4.39 Å². The van der Waals surface area contributed by atoms with E-state index in [1.54, 1.807) is 18.3 Å². The molecule has 0 unspecified atom stereocenters. The second-order valence-corrected chi connectivity index (χ2v) is 7.72. The zero-order chi connectivity index (χ0) is 21.6. The van der Waals surface area contributed by atoms with Crippen LogP contribution in [0.1, 0.15) is 29.8 Å². The molecule has 0 spiro atoms. The monoisotopic (exact) mass is 436 g/mol. The first kappa shape index (κ1) is 21.0. The van der Waals surface area contributed by atoms with E-state index in [1.807, 2.05) is 41.0 Å². The van der Waals surface area contributed by atoms with E-state index in [0.29, 0.717) is 37.4 Å². The Morgan fingerprint density at radius 3 is 2.68 bits per heavy atom. The van der Waals surface area contributed by atoms with Crippen molar-refractivity contribution in [1.29, 1.82) is 0 Å². The summed E-state index contributed by atoms with van der Waals surface area (Å²) in [5.41, 5.74) is 3.45. The summed E-state index contributed by atoms with van der Waals surface area (Å²) < 4.78 is 15.3. The molecule has 0 atom stereocenters. The maximum absolute atomic E-state index is 13.3. The highest BCUT2D eigenvalue weighted by Gasteiger charge is 2.13. The van der Waals surface area contributed by atoms with Gasteiger partial charge >= 0.3 is 0 Å². The van der Waals surface area contributed by atoms with Gasteiger partial charge in [-0.05, 0) is 47.9 Å². The number of aryl methyl sites for hydroxylation is 1. The van der Waals surface area contributed by atoms with Crippen LogP contribution in [0, 0.1) is 5.82 Å². The van der Waals surface area contributed by atoms with Gasteiger partial charge in [-0.15, -0.1) is 0 Å². The molecule has 0 fully saturated rings. The minimum absolute atomic E-state index is 0.0285. The number of imidazole rings is 1. The van der Waals surface area contributed by atoms with E-state index >= 15 is 0 Å². The van der Waals surface area contributed by atoms with E-state index in [-0.39, 0.29) is 11.7 Å². The molecule has 1 amide bonds. The predicted molar refractivity (Wildman–Crippen MR) is 119 cm³/mol. The molecule has 2 aromatic carbocycles. The SMILES string of the molecule is O=C(CCCc1nc2cccnc2n1Cc1ccc(F)cc1)NCc1ccccc1Cl. The number of nitrogens with one attached hydrogen (secondary N) is 1. The van der Waals surface area contributed by atoms with Crippen molar-refractivity contribution in [3.8, 4) is 0 Å². The van der Waals surface area contributed by atoms with Crippen molar-refractivity contribution in [2.75, 3.05) is 0 Å². The average molecular weight is 437 g/mol. The summed E-state index contributed by atoms with van der Waals surface area (Å²) in [5.74, 6) is 0.566. The second-order valence-electron chi connectivity index (χ2n) is 7.31. The van der Waals surface area contributed by atoms with Crippen molar-refractivity contribution in [3.05, 3.63) is 94.7 Å². The summed E-state index contributed by atoms with van der Waals surface area (Å²) in [4.78, 5) is 21.4. The molecular formula is C24H22ClFN4O. The Labute approximate surface area is 184 Å². The largest absolute Gasteiger partial charge is 0.352 e. The van der Waals surface area contributed by atoms with Crippen LogP contribution in [0.5, 0.6) is 0 Å². The number of fused-ring (bicyclic) bond motifs is 1. The lowest BCUT2D eigenvalue weighted by Crippen LogP contribution is -2.22. The maximum atomic E-state index is 13.3. The van der Waals surface area contributed by atoms with Gasteiger partial charge in [0.05, 0.1) is 6.54 Å². The molecule has 2 aromatic heterocycles.